The Morgan fingerprint density at radius 3 is 1.88 bits per heavy atom. The number of aliphatic hydroxyl groups excluding tert-OH is 1. The lowest BCUT2D eigenvalue weighted by Gasteiger charge is -2.78. The zero-order valence-electron chi connectivity index (χ0n) is 47.8. The summed E-state index contributed by atoms with van der Waals surface area (Å²) in [4.78, 5) is 86.1. The van der Waals surface area contributed by atoms with E-state index in [4.69, 9.17) is 28.4 Å². The van der Waals surface area contributed by atoms with Crippen molar-refractivity contribution < 1.29 is 67.4 Å². The highest BCUT2D eigenvalue weighted by molar-refractivity contribution is 5.97. The molecule has 80 heavy (non-hydrogen) atoms. The van der Waals surface area contributed by atoms with Crippen LogP contribution in [0.15, 0.2) is 145 Å². The van der Waals surface area contributed by atoms with Crippen LogP contribution in [0.1, 0.15) is 148 Å². The number of amides is 1. The van der Waals surface area contributed by atoms with Gasteiger partial charge in [-0.2, -0.15) is 0 Å². The Labute approximate surface area is 471 Å². The molecule has 0 aromatic heterocycles. The summed E-state index contributed by atoms with van der Waals surface area (Å²) in [5.74, 6) is -6.59. The molecule has 3 N–H and O–H groups in total. The number of carbonyl (C=O) groups is 6. The van der Waals surface area contributed by atoms with Crippen molar-refractivity contribution in [3.05, 3.63) is 156 Å². The fourth-order valence-corrected chi connectivity index (χ4v) is 12.7. The van der Waals surface area contributed by atoms with Gasteiger partial charge in [0, 0.05) is 26.2 Å². The van der Waals surface area contributed by atoms with Crippen LogP contribution in [0.5, 0.6) is 0 Å². The molecule has 0 radical (unpaired) electrons. The van der Waals surface area contributed by atoms with Crippen LogP contribution in [0, 0.1) is 22.7 Å². The highest BCUT2D eigenvalue weighted by Gasteiger charge is 2.89. The minimum Gasteiger partial charge on any atom is -0.455 e. The minimum atomic E-state index is -2.27. The third kappa shape index (κ3) is 12.0. The number of allylic oxidation sites excluding steroid dienone is 12. The molecule has 1 saturated heterocycles. The first-order valence-electron chi connectivity index (χ1n) is 28.1. The monoisotopic (exact) mass is 1100 g/mol. The van der Waals surface area contributed by atoms with Crippen molar-refractivity contribution in [2.45, 2.75) is 179 Å². The van der Waals surface area contributed by atoms with Crippen LogP contribution in [0.25, 0.3) is 0 Å². The Balaban J connectivity index is 1.18. The number of carbonyl (C=O) groups excluding carboxylic acids is 6. The first-order valence-corrected chi connectivity index (χ1v) is 28.1. The Kier molecular flexibility index (Phi) is 19.4. The highest BCUT2D eigenvalue weighted by Crippen LogP contribution is 2.78. The van der Waals surface area contributed by atoms with E-state index in [1.54, 1.807) is 90.1 Å². The Morgan fingerprint density at radius 1 is 0.800 bits per heavy atom. The van der Waals surface area contributed by atoms with Gasteiger partial charge in [-0.3, -0.25) is 19.2 Å². The molecule has 1 aliphatic heterocycles. The summed E-state index contributed by atoms with van der Waals surface area (Å²) in [5.41, 5.74) is -9.37. The molecule has 430 valence electrons. The number of Topliss-reactive ketones (excluding diaryl/α,β-unsaturated/α-hetero) is 1. The van der Waals surface area contributed by atoms with Gasteiger partial charge in [-0.25, -0.2) is 9.59 Å². The Hall–Kier alpha value is -6.68. The zero-order chi connectivity index (χ0) is 58.1. The number of ketones is 1. The maximum atomic E-state index is 16.0. The maximum Gasteiger partial charge on any atom is 0.408 e. The summed E-state index contributed by atoms with van der Waals surface area (Å²) < 4.78 is 37.2. The second-order valence-electron chi connectivity index (χ2n) is 23.1. The molecule has 2 aromatic carbocycles. The molecule has 15 heteroatoms. The Morgan fingerprint density at radius 2 is 1.35 bits per heavy atom. The molecule has 3 saturated carbocycles. The second-order valence-corrected chi connectivity index (χ2v) is 23.1. The number of aliphatic hydroxyl groups is 2. The third-order valence-corrected chi connectivity index (χ3v) is 16.8. The molecule has 5 aliphatic rings. The van der Waals surface area contributed by atoms with Crippen molar-refractivity contribution >= 4 is 35.8 Å². The summed E-state index contributed by atoms with van der Waals surface area (Å²) >= 11 is 0. The van der Waals surface area contributed by atoms with Crippen LogP contribution in [0.4, 0.5) is 4.79 Å². The fraction of sp³-hybridized carbons (Fsp3) is 0.508. The van der Waals surface area contributed by atoms with E-state index in [1.807, 2.05) is 18.2 Å². The number of benzene rings is 2. The average Bonchev–Trinajstić information content (AvgIpc) is 3.41. The van der Waals surface area contributed by atoms with Crippen molar-refractivity contribution in [1.82, 2.24) is 5.32 Å². The van der Waals surface area contributed by atoms with E-state index in [0.717, 1.165) is 32.1 Å². The number of nitrogens with one attached hydrogen (secondary N) is 1. The lowest BCUT2D eigenvalue weighted by Crippen LogP contribution is -2.90. The van der Waals surface area contributed by atoms with E-state index in [-0.39, 0.29) is 37.0 Å². The molecule has 0 bridgehead atoms. The summed E-state index contributed by atoms with van der Waals surface area (Å²) in [5, 5.41) is 29.0. The van der Waals surface area contributed by atoms with Crippen LogP contribution in [-0.4, -0.2) is 99.4 Å². The van der Waals surface area contributed by atoms with Crippen molar-refractivity contribution in [3.63, 3.8) is 0 Å². The average molecular weight is 1100 g/mol. The largest absolute Gasteiger partial charge is 0.455 e. The molecule has 0 spiro atoms. The van der Waals surface area contributed by atoms with Crippen LogP contribution in [0.2, 0.25) is 0 Å². The van der Waals surface area contributed by atoms with Gasteiger partial charge in [0.25, 0.3) is 0 Å². The minimum absolute atomic E-state index is 0.102. The number of hydrogen-bond donors (Lipinski definition) is 3. The number of ether oxygens (including phenoxy) is 6. The number of hydrogen-bond acceptors (Lipinski definition) is 14. The lowest BCUT2D eigenvalue weighted by molar-refractivity contribution is -0.376. The van der Waals surface area contributed by atoms with Gasteiger partial charge in [0.2, 0.25) is 0 Å². The Bertz CT molecular complexity index is 2810. The van der Waals surface area contributed by atoms with E-state index < -0.39 is 118 Å². The predicted octanol–water partition coefficient (Wildman–Crippen LogP) is 10.9. The molecule has 12 atom stereocenters. The molecule has 4 fully saturated rings. The van der Waals surface area contributed by atoms with Gasteiger partial charge in [0.05, 0.1) is 47.0 Å². The molecule has 4 aliphatic carbocycles. The van der Waals surface area contributed by atoms with Crippen molar-refractivity contribution in [3.8, 4) is 0 Å². The van der Waals surface area contributed by atoms with Crippen LogP contribution >= 0.6 is 0 Å². The molecule has 15 nitrogen and oxygen atoms in total. The molecule has 7 rings (SSSR count). The number of alkyl carbamates (subject to hydrolysis) is 1. The molecular weight excluding hydrogens is 1020 g/mol. The SMILES string of the molecule is CC/C=C\C/C=C\C/C=C\C/C=C\C/C=C\C/C=C\CCC(=O)O[C@H]1C(=O)[C@@]2(C)[C@H]([C@H](OC(=O)c3ccccc3)[C@]3(O)CC4(OC(=O)[C@H](C)C(NC(=O)OC(C)(C)C)c5ccccc5)C(C)=C1C43C)[C@]1(OC(C)=O)CO[C@@H]1C[C@@H]2O. The fourth-order valence-electron chi connectivity index (χ4n) is 12.7. The van der Waals surface area contributed by atoms with E-state index in [9.17, 15) is 34.2 Å². The highest BCUT2D eigenvalue weighted by atomic mass is 16.6. The molecule has 2 aromatic rings. The van der Waals surface area contributed by atoms with E-state index in [2.05, 4.69) is 66.9 Å². The summed E-state index contributed by atoms with van der Waals surface area (Å²) in [6, 6.07) is 15.9. The first kappa shape index (κ1) is 61.0. The van der Waals surface area contributed by atoms with Gasteiger partial charge in [0.1, 0.15) is 29.0 Å². The summed E-state index contributed by atoms with van der Waals surface area (Å²) in [6.07, 6.45) is 22.9. The zero-order valence-corrected chi connectivity index (χ0v) is 47.8. The number of rotatable bonds is 23. The van der Waals surface area contributed by atoms with Crippen molar-refractivity contribution in [2.24, 2.45) is 22.7 Å². The van der Waals surface area contributed by atoms with Gasteiger partial charge < -0.3 is 44.0 Å². The summed E-state index contributed by atoms with van der Waals surface area (Å²) in [6.45, 7) is 14.4. The molecule has 1 amide bonds. The third-order valence-electron chi connectivity index (χ3n) is 16.8. The smallest absolute Gasteiger partial charge is 0.408 e. The topological polar surface area (TPSA) is 210 Å². The normalized spacial score (nSPS) is 30.6. The summed E-state index contributed by atoms with van der Waals surface area (Å²) in [7, 11) is 0. The van der Waals surface area contributed by atoms with E-state index >= 15 is 4.79 Å². The molecular formula is C65H81NO14. The maximum absolute atomic E-state index is 16.0. The number of fused-ring (bicyclic) bond motifs is 3. The van der Waals surface area contributed by atoms with Crippen molar-refractivity contribution in [2.75, 3.05) is 6.61 Å². The molecule has 1 heterocycles. The standard InChI is InChI=1S/C65H81NO14/c1-10-11-12-13-14-15-16-17-18-19-20-21-22-23-24-25-26-27-34-39-50(69)76-53-51-44(3)65(79-57(71)43(2)52(46-35-30-28-31-36-46)66-59(73)80-60(5,6)7)41-64(74,62(51,65)9)56(77-58(72)47-37-32-29-33-38-47)54-61(8,55(53)70)48(68)40-49-63(54,42-75-49)78-45(4)67/h11-12,14-15,17-18,20-21,23-24,26-33,35-38,43,48-49,52-54,56,68,74H,10,13,16,19,22,25,34,39-42H2,1-9H3,(H,66,73)/b12-11-,15-14-,18-17-,21-20-,24-23-,27-26-/t43-,48+,49-,52?,53-,54+,56+,61-,62?,63+,64-,65?/m1/s1. The number of esters is 4. The van der Waals surface area contributed by atoms with Gasteiger partial charge in [-0.15, -0.1) is 0 Å². The van der Waals surface area contributed by atoms with Gasteiger partial charge >= 0.3 is 30.0 Å². The van der Waals surface area contributed by atoms with E-state index in [1.165, 1.54) is 26.0 Å². The molecule has 3 unspecified atom stereocenters. The van der Waals surface area contributed by atoms with Crippen LogP contribution < -0.4 is 5.32 Å². The second kappa shape index (κ2) is 25.4. The van der Waals surface area contributed by atoms with Crippen LogP contribution in [0.3, 0.4) is 0 Å². The van der Waals surface area contributed by atoms with E-state index in [0.29, 0.717) is 17.6 Å². The van der Waals surface area contributed by atoms with Gasteiger partial charge in [-0.05, 0) is 122 Å². The van der Waals surface area contributed by atoms with Gasteiger partial charge in [0.15, 0.2) is 17.5 Å². The van der Waals surface area contributed by atoms with Gasteiger partial charge in [-0.1, -0.05) is 128 Å². The quantitative estimate of drug-likeness (QED) is 0.0537. The predicted molar refractivity (Wildman–Crippen MR) is 301 cm³/mol. The lowest BCUT2D eigenvalue weighted by atomic mass is 9.30. The first-order chi connectivity index (χ1) is 38.0. The van der Waals surface area contributed by atoms with Crippen molar-refractivity contribution in [1.29, 1.82) is 0 Å². The van der Waals surface area contributed by atoms with Crippen LogP contribution in [-0.2, 0) is 47.6 Å².